The minimum absolute atomic E-state index is 0. The van der Waals surface area contributed by atoms with Crippen molar-refractivity contribution in [3.8, 4) is 11.6 Å². The predicted octanol–water partition coefficient (Wildman–Crippen LogP) is 2.43. The third-order valence-corrected chi connectivity index (χ3v) is 7.43. The second-order valence-electron chi connectivity index (χ2n) is 10.0. The molecule has 3 N–H and O–H groups in total. The fraction of sp³-hybridized carbons (Fsp3) is 0.400. The summed E-state index contributed by atoms with van der Waals surface area (Å²) in [6.07, 6.45) is 3.65. The molecule has 0 aliphatic carbocycles. The number of anilines is 3. The Morgan fingerprint density at radius 2 is 1.93 bits per heavy atom. The number of rotatable bonds is 7. The van der Waals surface area contributed by atoms with Crippen molar-refractivity contribution in [2.75, 3.05) is 61.3 Å². The van der Waals surface area contributed by atoms with Crippen LogP contribution in [-0.4, -0.2) is 91.3 Å². The average molecular weight is 585 g/mol. The lowest BCUT2D eigenvalue weighted by molar-refractivity contribution is -0.385. The quantitative estimate of drug-likeness (QED) is 0.238. The molecule has 0 radical (unpaired) electrons. The summed E-state index contributed by atoms with van der Waals surface area (Å²) in [5.74, 6) is 1.13. The molecule has 6 rings (SSSR count). The van der Waals surface area contributed by atoms with Gasteiger partial charge in [-0.3, -0.25) is 15.0 Å². The highest BCUT2D eigenvalue weighted by atomic mass is 35.5. The number of hydrogen-bond acceptors (Lipinski definition) is 12. The Hall–Kier alpha value is -4.50. The maximum absolute atomic E-state index is 11.4. The number of piperidine rings is 1. The number of aromatic nitrogens is 5. The van der Waals surface area contributed by atoms with Crippen molar-refractivity contribution < 1.29 is 19.2 Å². The molecule has 1 unspecified atom stereocenters. The third kappa shape index (κ3) is 5.71. The second-order valence-corrected chi connectivity index (χ2v) is 10.0. The molecule has 1 atom stereocenters. The number of furan rings is 1. The van der Waals surface area contributed by atoms with Gasteiger partial charge in [0.05, 0.1) is 11.2 Å². The summed E-state index contributed by atoms with van der Waals surface area (Å²) in [7, 11) is 0. The minimum Gasteiger partial charge on any atom is -0.477 e. The summed E-state index contributed by atoms with van der Waals surface area (Å²) in [5, 5.41) is 25.0. The highest BCUT2D eigenvalue weighted by Gasteiger charge is 2.28. The van der Waals surface area contributed by atoms with Gasteiger partial charge in [0.25, 0.3) is 11.5 Å². The van der Waals surface area contributed by atoms with Gasteiger partial charge in [-0.05, 0) is 43.0 Å². The molecule has 4 aromatic rings. The molecule has 0 spiro atoms. The van der Waals surface area contributed by atoms with Gasteiger partial charge in [0.15, 0.2) is 5.76 Å². The van der Waals surface area contributed by atoms with E-state index in [2.05, 4.69) is 34.8 Å². The van der Waals surface area contributed by atoms with E-state index in [9.17, 15) is 20.0 Å². The Balaban J connectivity index is 0.00000337. The van der Waals surface area contributed by atoms with Crippen LogP contribution in [0, 0.1) is 16.0 Å². The molecule has 1 aromatic carbocycles. The number of nitro groups is 1. The van der Waals surface area contributed by atoms with Crippen molar-refractivity contribution >= 4 is 47.4 Å². The van der Waals surface area contributed by atoms with E-state index in [1.54, 1.807) is 24.5 Å². The van der Waals surface area contributed by atoms with E-state index in [1.807, 2.05) is 0 Å². The van der Waals surface area contributed by atoms with Gasteiger partial charge in [0, 0.05) is 57.6 Å². The molecule has 5 heterocycles. The van der Waals surface area contributed by atoms with Crippen LogP contribution in [-0.2, 0) is 0 Å². The van der Waals surface area contributed by atoms with E-state index in [4.69, 9.17) is 10.2 Å². The van der Waals surface area contributed by atoms with Crippen molar-refractivity contribution in [3.05, 3.63) is 52.3 Å². The topological polar surface area (TPSA) is 185 Å². The van der Waals surface area contributed by atoms with Gasteiger partial charge < -0.3 is 25.1 Å². The van der Waals surface area contributed by atoms with Gasteiger partial charge in [0.1, 0.15) is 5.56 Å². The first kappa shape index (κ1) is 28.0. The van der Waals surface area contributed by atoms with Crippen LogP contribution >= 0.6 is 12.4 Å². The smallest absolute Gasteiger partial charge is 0.342 e. The van der Waals surface area contributed by atoms with Gasteiger partial charge >= 0.3 is 5.97 Å². The van der Waals surface area contributed by atoms with E-state index < -0.39 is 10.9 Å². The van der Waals surface area contributed by atoms with Crippen LogP contribution < -0.4 is 15.5 Å². The average Bonchev–Trinajstić information content (AvgIpc) is 3.64. The van der Waals surface area contributed by atoms with Crippen LogP contribution in [0.4, 0.5) is 23.3 Å². The normalized spacial score (nSPS) is 17.9. The maximum atomic E-state index is 11.4. The minimum atomic E-state index is -1.31. The number of aromatic carboxylic acids is 1. The summed E-state index contributed by atoms with van der Waals surface area (Å²) in [5.41, 5.74) is 6.16. The lowest BCUT2D eigenvalue weighted by Crippen LogP contribution is -2.49. The Morgan fingerprint density at radius 1 is 1.12 bits per heavy atom. The van der Waals surface area contributed by atoms with Crippen LogP contribution in [0.3, 0.4) is 0 Å². The Morgan fingerprint density at radius 3 is 2.63 bits per heavy atom. The fourth-order valence-electron chi connectivity index (χ4n) is 5.44. The third-order valence-electron chi connectivity index (χ3n) is 7.43. The molecular formula is C25H29ClN10O5. The number of carboxylic acid groups (broad SMARTS) is 1. The number of fused-ring (bicyclic) bond motifs is 1. The summed E-state index contributed by atoms with van der Waals surface area (Å²) >= 11 is 0. The number of nitro benzene ring substituents is 1. The number of nitrogens with two attached hydrogens (primary N) is 1. The van der Waals surface area contributed by atoms with Crippen molar-refractivity contribution in [2.45, 2.75) is 12.8 Å². The van der Waals surface area contributed by atoms with Crippen molar-refractivity contribution in [2.24, 2.45) is 5.92 Å². The van der Waals surface area contributed by atoms with Crippen LogP contribution in [0.15, 0.2) is 41.0 Å². The zero-order chi connectivity index (χ0) is 27.8. The molecule has 3 aromatic heterocycles. The largest absolute Gasteiger partial charge is 0.477 e. The van der Waals surface area contributed by atoms with Crippen LogP contribution in [0.5, 0.6) is 0 Å². The number of piperazine rings is 1. The standard InChI is InChI=1S/C25H28N10O5.ClH/c26-23-28-24(29-25-27-21(30-34(23)25)20-4-2-12-40-20)33-7-1-3-16(15-33)14-31-8-10-32(11-9-31)17-5-6-18(22(36)37)19(13-17)35(38)39;/h2,4-6,12-13,16H,1,3,7-11,14-15H2,(H,36,37)(H2,26,27,28,29,30);1H. The molecule has 2 fully saturated rings. The first-order valence-electron chi connectivity index (χ1n) is 13.0. The molecule has 0 saturated carbocycles. The summed E-state index contributed by atoms with van der Waals surface area (Å²) in [6, 6.07) is 7.84. The van der Waals surface area contributed by atoms with E-state index in [-0.39, 0.29) is 29.6 Å². The Bertz CT molecular complexity index is 1550. The first-order chi connectivity index (χ1) is 19.4. The lowest BCUT2D eigenvalue weighted by Gasteiger charge is -2.40. The molecule has 0 amide bonds. The Labute approximate surface area is 240 Å². The van der Waals surface area contributed by atoms with Crippen molar-refractivity contribution in [1.82, 2.24) is 29.5 Å². The molecule has 216 valence electrons. The zero-order valence-corrected chi connectivity index (χ0v) is 22.8. The Kier molecular flexibility index (Phi) is 7.90. The van der Waals surface area contributed by atoms with E-state index in [0.29, 0.717) is 48.0 Å². The number of halogens is 1. The second kappa shape index (κ2) is 11.5. The van der Waals surface area contributed by atoms with Crippen LogP contribution in [0.25, 0.3) is 17.4 Å². The first-order valence-corrected chi connectivity index (χ1v) is 13.0. The van der Waals surface area contributed by atoms with E-state index in [1.165, 1.54) is 16.6 Å². The molecule has 2 aliphatic rings. The molecule has 15 nitrogen and oxygen atoms in total. The number of nitrogen functional groups attached to an aromatic ring is 1. The molecule has 0 bridgehead atoms. The SMILES string of the molecule is Cl.Nc1nc(N2CCCC(CN3CCN(c4ccc(C(=O)O)c([N+](=O)[O-])c4)CC3)C2)nc2nc(-c3ccco3)nn12. The monoisotopic (exact) mass is 584 g/mol. The van der Waals surface area contributed by atoms with Crippen LogP contribution in [0.2, 0.25) is 0 Å². The van der Waals surface area contributed by atoms with Gasteiger partial charge in [-0.2, -0.15) is 19.5 Å². The van der Waals surface area contributed by atoms with Gasteiger partial charge in [-0.25, -0.2) is 4.79 Å². The number of hydrogen-bond donors (Lipinski definition) is 2. The van der Waals surface area contributed by atoms with Gasteiger partial charge in [-0.15, -0.1) is 17.5 Å². The number of carboxylic acids is 1. The van der Waals surface area contributed by atoms with Crippen LogP contribution in [0.1, 0.15) is 23.2 Å². The number of benzene rings is 1. The highest BCUT2D eigenvalue weighted by Crippen LogP contribution is 2.28. The van der Waals surface area contributed by atoms with Crippen molar-refractivity contribution in [1.29, 1.82) is 0 Å². The fourth-order valence-corrected chi connectivity index (χ4v) is 5.44. The van der Waals surface area contributed by atoms with Crippen molar-refractivity contribution in [3.63, 3.8) is 0 Å². The van der Waals surface area contributed by atoms with Gasteiger partial charge in [-0.1, -0.05) is 0 Å². The van der Waals surface area contributed by atoms with E-state index >= 15 is 0 Å². The lowest BCUT2D eigenvalue weighted by atomic mass is 9.97. The predicted molar refractivity (Wildman–Crippen MR) is 152 cm³/mol. The van der Waals surface area contributed by atoms with E-state index in [0.717, 1.165) is 45.6 Å². The summed E-state index contributed by atoms with van der Waals surface area (Å²) in [4.78, 5) is 42.3. The summed E-state index contributed by atoms with van der Waals surface area (Å²) in [6.45, 7) is 5.52. The number of carbonyl (C=O) groups is 1. The van der Waals surface area contributed by atoms with Gasteiger partial charge in [0.2, 0.25) is 17.7 Å². The molecule has 41 heavy (non-hydrogen) atoms. The molecular weight excluding hydrogens is 556 g/mol. The zero-order valence-electron chi connectivity index (χ0n) is 22.0. The highest BCUT2D eigenvalue weighted by molar-refractivity contribution is 5.93. The molecule has 2 aliphatic heterocycles. The molecule has 2 saturated heterocycles. The maximum Gasteiger partial charge on any atom is 0.342 e. The summed E-state index contributed by atoms with van der Waals surface area (Å²) < 4.78 is 6.80. The molecule has 16 heteroatoms. The number of nitrogens with zero attached hydrogens (tertiary/aromatic N) is 9.